The summed E-state index contributed by atoms with van der Waals surface area (Å²) in [5, 5.41) is 1.79. The molecule has 3 heteroatoms. The minimum atomic E-state index is -0.579. The van der Waals surface area contributed by atoms with Crippen molar-refractivity contribution in [1.82, 2.24) is 10.4 Å². The molecule has 15 heavy (non-hydrogen) atoms. The maximum atomic E-state index is 12.1. The molecule has 0 aliphatic carbocycles. The Morgan fingerprint density at radius 2 is 1.73 bits per heavy atom. The zero-order valence-electron chi connectivity index (χ0n) is 9.74. The summed E-state index contributed by atoms with van der Waals surface area (Å²) in [6, 6.07) is 9.32. The van der Waals surface area contributed by atoms with Gasteiger partial charge in [0, 0.05) is 19.7 Å². The van der Waals surface area contributed by atoms with Crippen LogP contribution in [0.15, 0.2) is 30.3 Å². The summed E-state index contributed by atoms with van der Waals surface area (Å²) in [5.41, 5.74) is 3.26. The zero-order chi connectivity index (χ0) is 11.5. The van der Waals surface area contributed by atoms with E-state index in [0.717, 1.165) is 5.56 Å². The molecule has 1 aromatic rings. The highest BCUT2D eigenvalue weighted by Gasteiger charge is 2.28. The summed E-state index contributed by atoms with van der Waals surface area (Å²) in [4.78, 5) is 12.1. The van der Waals surface area contributed by atoms with Gasteiger partial charge in [-0.1, -0.05) is 30.3 Å². The van der Waals surface area contributed by atoms with Crippen LogP contribution in [0.3, 0.4) is 0 Å². The van der Waals surface area contributed by atoms with Gasteiger partial charge >= 0.3 is 0 Å². The lowest BCUT2D eigenvalue weighted by atomic mass is 9.94. The molecule has 3 nitrogen and oxygen atoms in total. The van der Waals surface area contributed by atoms with Crippen LogP contribution in [-0.4, -0.2) is 30.4 Å². The van der Waals surface area contributed by atoms with E-state index < -0.39 is 5.54 Å². The number of nitrogens with one attached hydrogen (secondary N) is 1. The van der Waals surface area contributed by atoms with Crippen LogP contribution < -0.4 is 5.43 Å². The molecule has 0 spiro atoms. The highest BCUT2D eigenvalue weighted by molar-refractivity contribution is 6.02. The Bertz CT molecular complexity index is 331. The van der Waals surface area contributed by atoms with Crippen molar-refractivity contribution in [3.05, 3.63) is 35.9 Å². The van der Waals surface area contributed by atoms with Crippen molar-refractivity contribution in [2.75, 3.05) is 14.1 Å². The summed E-state index contributed by atoms with van der Waals surface area (Å²) in [5.74, 6) is 0.0943. The third-order valence-corrected chi connectivity index (χ3v) is 2.11. The number of hydrazine groups is 1. The highest BCUT2D eigenvalue weighted by Crippen LogP contribution is 2.12. The Balaban J connectivity index is 2.85. The van der Waals surface area contributed by atoms with Crippen LogP contribution >= 0.6 is 0 Å². The van der Waals surface area contributed by atoms with E-state index in [2.05, 4.69) is 5.43 Å². The smallest absolute Gasteiger partial charge is 0.183 e. The fourth-order valence-corrected chi connectivity index (χ4v) is 1.56. The predicted molar refractivity (Wildman–Crippen MR) is 61.7 cm³/mol. The predicted octanol–water partition coefficient (Wildman–Crippen LogP) is 1.71. The second-order valence-electron chi connectivity index (χ2n) is 4.33. The second-order valence-corrected chi connectivity index (χ2v) is 4.33. The van der Waals surface area contributed by atoms with Crippen LogP contribution in [-0.2, 0) is 0 Å². The first kappa shape index (κ1) is 11.9. The van der Waals surface area contributed by atoms with Crippen molar-refractivity contribution in [3.8, 4) is 0 Å². The summed E-state index contributed by atoms with van der Waals surface area (Å²) < 4.78 is 0. The van der Waals surface area contributed by atoms with Crippen LogP contribution in [0.2, 0.25) is 0 Å². The number of nitrogens with zero attached hydrogens (tertiary/aromatic N) is 1. The van der Waals surface area contributed by atoms with E-state index in [1.807, 2.05) is 58.3 Å². The van der Waals surface area contributed by atoms with Crippen LogP contribution in [0.25, 0.3) is 0 Å². The topological polar surface area (TPSA) is 32.3 Å². The first-order valence-corrected chi connectivity index (χ1v) is 4.98. The van der Waals surface area contributed by atoms with Crippen molar-refractivity contribution in [2.45, 2.75) is 19.4 Å². The molecule has 0 saturated heterocycles. The SMILES string of the molecule is CN(C)NC(C)(C)C(=O)c1ccccc1. The summed E-state index contributed by atoms with van der Waals surface area (Å²) in [6.07, 6.45) is 0. The number of rotatable bonds is 4. The molecular formula is C12H18N2O. The van der Waals surface area contributed by atoms with E-state index in [1.165, 1.54) is 0 Å². The van der Waals surface area contributed by atoms with Gasteiger partial charge in [-0.2, -0.15) is 0 Å². The minimum absolute atomic E-state index is 0.0943. The molecule has 0 fully saturated rings. The number of carbonyl (C=O) groups is 1. The number of Topliss-reactive ketones (excluding diaryl/α,β-unsaturated/α-hetero) is 1. The van der Waals surface area contributed by atoms with Crippen LogP contribution in [0.4, 0.5) is 0 Å². The second kappa shape index (κ2) is 4.55. The molecule has 0 atom stereocenters. The number of hydrogen-bond donors (Lipinski definition) is 1. The highest BCUT2D eigenvalue weighted by atomic mass is 16.1. The van der Waals surface area contributed by atoms with E-state index in [9.17, 15) is 4.79 Å². The van der Waals surface area contributed by atoms with Gasteiger partial charge in [-0.3, -0.25) is 4.79 Å². The van der Waals surface area contributed by atoms with Gasteiger partial charge in [0.15, 0.2) is 5.78 Å². The fourth-order valence-electron chi connectivity index (χ4n) is 1.56. The van der Waals surface area contributed by atoms with Gasteiger partial charge < -0.3 is 0 Å². The molecule has 0 aliphatic heterocycles. The molecular weight excluding hydrogens is 188 g/mol. The molecule has 0 unspecified atom stereocenters. The van der Waals surface area contributed by atoms with Crippen molar-refractivity contribution in [1.29, 1.82) is 0 Å². The number of benzene rings is 1. The van der Waals surface area contributed by atoms with E-state index in [1.54, 1.807) is 5.01 Å². The van der Waals surface area contributed by atoms with Gasteiger partial charge in [-0.25, -0.2) is 10.4 Å². The minimum Gasteiger partial charge on any atom is -0.292 e. The maximum Gasteiger partial charge on any atom is 0.183 e. The fraction of sp³-hybridized carbons (Fsp3) is 0.417. The molecule has 0 radical (unpaired) electrons. The molecule has 1 N–H and O–H groups in total. The van der Waals surface area contributed by atoms with Crippen molar-refractivity contribution in [2.24, 2.45) is 0 Å². The van der Waals surface area contributed by atoms with E-state index in [0.29, 0.717) is 0 Å². The third kappa shape index (κ3) is 3.15. The van der Waals surface area contributed by atoms with E-state index in [-0.39, 0.29) is 5.78 Å². The first-order valence-electron chi connectivity index (χ1n) is 4.98. The van der Waals surface area contributed by atoms with Crippen molar-refractivity contribution in [3.63, 3.8) is 0 Å². The molecule has 0 aromatic heterocycles. The molecule has 0 saturated carbocycles. The Morgan fingerprint density at radius 1 is 1.20 bits per heavy atom. The maximum absolute atomic E-state index is 12.1. The molecule has 0 bridgehead atoms. The first-order chi connectivity index (χ1) is 6.93. The third-order valence-electron chi connectivity index (χ3n) is 2.11. The lowest BCUT2D eigenvalue weighted by Gasteiger charge is -2.28. The molecule has 82 valence electrons. The number of hydrogen-bond acceptors (Lipinski definition) is 3. The monoisotopic (exact) mass is 206 g/mol. The Morgan fingerprint density at radius 3 is 2.20 bits per heavy atom. The standard InChI is InChI=1S/C12H18N2O/c1-12(2,13-14(3)4)11(15)10-8-6-5-7-9-10/h5-9,13H,1-4H3. The van der Waals surface area contributed by atoms with Crippen LogP contribution in [0, 0.1) is 0 Å². The van der Waals surface area contributed by atoms with Gasteiger partial charge in [0.1, 0.15) is 0 Å². The van der Waals surface area contributed by atoms with Crippen molar-refractivity contribution >= 4 is 5.78 Å². The summed E-state index contributed by atoms with van der Waals surface area (Å²) in [7, 11) is 3.75. The van der Waals surface area contributed by atoms with Gasteiger partial charge in [0.2, 0.25) is 0 Å². The zero-order valence-corrected chi connectivity index (χ0v) is 9.74. The average molecular weight is 206 g/mol. The van der Waals surface area contributed by atoms with Gasteiger partial charge in [-0.05, 0) is 13.8 Å². The van der Waals surface area contributed by atoms with Crippen LogP contribution in [0.5, 0.6) is 0 Å². The largest absolute Gasteiger partial charge is 0.292 e. The van der Waals surface area contributed by atoms with E-state index in [4.69, 9.17) is 0 Å². The van der Waals surface area contributed by atoms with E-state index >= 15 is 0 Å². The van der Waals surface area contributed by atoms with Crippen molar-refractivity contribution < 1.29 is 4.79 Å². The Labute approximate surface area is 91.1 Å². The molecule has 1 rings (SSSR count). The van der Waals surface area contributed by atoms with Crippen LogP contribution in [0.1, 0.15) is 24.2 Å². The number of carbonyl (C=O) groups excluding carboxylic acids is 1. The lowest BCUT2D eigenvalue weighted by Crippen LogP contribution is -2.52. The Hall–Kier alpha value is -1.19. The van der Waals surface area contributed by atoms with Gasteiger partial charge in [-0.15, -0.1) is 0 Å². The molecule has 0 heterocycles. The molecule has 1 aromatic carbocycles. The quantitative estimate of drug-likeness (QED) is 0.601. The normalized spacial score (nSPS) is 11.8. The average Bonchev–Trinajstić information content (AvgIpc) is 2.16. The van der Waals surface area contributed by atoms with Gasteiger partial charge in [0.25, 0.3) is 0 Å². The summed E-state index contributed by atoms with van der Waals surface area (Å²) >= 11 is 0. The Kier molecular flexibility index (Phi) is 3.61. The van der Waals surface area contributed by atoms with Gasteiger partial charge in [0.05, 0.1) is 5.54 Å². The lowest BCUT2D eigenvalue weighted by molar-refractivity contribution is 0.0792. The number of ketones is 1. The summed E-state index contributed by atoms with van der Waals surface area (Å²) in [6.45, 7) is 3.75. The molecule has 0 amide bonds. The molecule has 0 aliphatic rings.